The number of nitrogens with two attached hydrogens (primary N) is 1. The topological polar surface area (TPSA) is 26.0 Å². The molecule has 0 spiro atoms. The minimum Gasteiger partial charge on any atom is -0.330 e. The average molecular weight is 242 g/mol. The Morgan fingerprint density at radius 1 is 1.25 bits per heavy atom. The molecule has 3 heteroatoms. The number of benzene rings is 1. The lowest BCUT2D eigenvalue weighted by Crippen LogP contribution is -2.37. The molecule has 0 atom stereocenters. The van der Waals surface area contributed by atoms with E-state index in [9.17, 15) is 4.39 Å². The molecular weight excluding hydrogens is 225 g/mol. The van der Waals surface area contributed by atoms with E-state index in [2.05, 4.69) is 0 Å². The maximum atomic E-state index is 13.9. The highest BCUT2D eigenvalue weighted by Gasteiger charge is 2.34. The predicted octanol–water partition coefficient (Wildman–Crippen LogP) is 3.64. The Morgan fingerprint density at radius 3 is 2.50 bits per heavy atom. The van der Waals surface area contributed by atoms with Gasteiger partial charge in [0.1, 0.15) is 5.82 Å². The van der Waals surface area contributed by atoms with Crippen molar-refractivity contribution < 1.29 is 4.39 Å². The van der Waals surface area contributed by atoms with Gasteiger partial charge in [-0.2, -0.15) is 0 Å². The largest absolute Gasteiger partial charge is 0.330 e. The molecule has 2 rings (SSSR count). The minimum absolute atomic E-state index is 0.160. The molecule has 0 heterocycles. The summed E-state index contributed by atoms with van der Waals surface area (Å²) in [6, 6.07) is 4.95. The van der Waals surface area contributed by atoms with E-state index in [0.717, 1.165) is 31.2 Å². The summed E-state index contributed by atoms with van der Waals surface area (Å²) in [6.07, 6.45) is 5.49. The molecule has 1 nitrogen and oxygen atoms in total. The second-order valence-electron chi connectivity index (χ2n) is 4.67. The van der Waals surface area contributed by atoms with E-state index < -0.39 is 0 Å². The summed E-state index contributed by atoms with van der Waals surface area (Å²) >= 11 is 5.77. The van der Waals surface area contributed by atoms with E-state index in [1.165, 1.54) is 12.5 Å². The van der Waals surface area contributed by atoms with Gasteiger partial charge in [0, 0.05) is 17.0 Å². The third-order valence-electron chi connectivity index (χ3n) is 3.70. The van der Waals surface area contributed by atoms with Crippen LogP contribution in [0.25, 0.3) is 0 Å². The summed E-state index contributed by atoms with van der Waals surface area (Å²) in [5.41, 5.74) is 6.47. The standard InChI is InChI=1S/C13H17ClFN/c14-10-4-5-11(12(15)8-10)13(9-16)6-2-1-3-7-13/h4-5,8H,1-3,6-7,9,16H2. The van der Waals surface area contributed by atoms with Crippen molar-refractivity contribution in [2.75, 3.05) is 6.54 Å². The summed E-state index contributed by atoms with van der Waals surface area (Å²) in [4.78, 5) is 0. The minimum atomic E-state index is -0.208. The van der Waals surface area contributed by atoms with E-state index in [1.807, 2.05) is 0 Å². The molecule has 1 saturated carbocycles. The van der Waals surface area contributed by atoms with E-state index in [0.29, 0.717) is 11.6 Å². The second kappa shape index (κ2) is 4.72. The molecule has 1 aliphatic rings. The van der Waals surface area contributed by atoms with Crippen molar-refractivity contribution >= 4 is 11.6 Å². The molecule has 0 bridgehead atoms. The molecule has 0 aromatic heterocycles. The van der Waals surface area contributed by atoms with Crippen LogP contribution in [-0.2, 0) is 5.41 Å². The third kappa shape index (κ3) is 2.09. The summed E-state index contributed by atoms with van der Waals surface area (Å²) < 4.78 is 13.9. The SMILES string of the molecule is NCC1(c2ccc(Cl)cc2F)CCCCC1. The van der Waals surface area contributed by atoms with E-state index in [-0.39, 0.29) is 11.2 Å². The fourth-order valence-electron chi connectivity index (χ4n) is 2.73. The van der Waals surface area contributed by atoms with Crippen LogP contribution in [0, 0.1) is 5.82 Å². The van der Waals surface area contributed by atoms with Crippen molar-refractivity contribution in [2.45, 2.75) is 37.5 Å². The normalized spacial score (nSPS) is 19.7. The molecule has 2 N–H and O–H groups in total. The molecule has 88 valence electrons. The van der Waals surface area contributed by atoms with Gasteiger partial charge in [0.25, 0.3) is 0 Å². The zero-order valence-electron chi connectivity index (χ0n) is 9.31. The molecule has 1 aromatic carbocycles. The maximum Gasteiger partial charge on any atom is 0.128 e. The first kappa shape index (κ1) is 11.9. The Labute approximate surface area is 101 Å². The number of rotatable bonds is 2. The molecule has 0 radical (unpaired) electrons. The summed E-state index contributed by atoms with van der Waals surface area (Å²) in [7, 11) is 0. The van der Waals surface area contributed by atoms with E-state index in [1.54, 1.807) is 12.1 Å². The van der Waals surface area contributed by atoms with Gasteiger partial charge >= 0.3 is 0 Å². The highest BCUT2D eigenvalue weighted by atomic mass is 35.5. The number of hydrogen-bond acceptors (Lipinski definition) is 1. The smallest absolute Gasteiger partial charge is 0.128 e. The first-order valence-electron chi connectivity index (χ1n) is 5.83. The molecule has 0 aliphatic heterocycles. The van der Waals surface area contributed by atoms with Crippen LogP contribution in [-0.4, -0.2) is 6.54 Å². The van der Waals surface area contributed by atoms with Crippen LogP contribution in [0.4, 0.5) is 4.39 Å². The molecule has 0 amide bonds. The Morgan fingerprint density at radius 2 is 1.94 bits per heavy atom. The first-order valence-corrected chi connectivity index (χ1v) is 6.21. The van der Waals surface area contributed by atoms with Crippen LogP contribution >= 0.6 is 11.6 Å². The zero-order chi connectivity index (χ0) is 11.6. The fraction of sp³-hybridized carbons (Fsp3) is 0.538. The summed E-state index contributed by atoms with van der Waals surface area (Å²) in [6.45, 7) is 0.519. The quantitative estimate of drug-likeness (QED) is 0.841. The highest BCUT2D eigenvalue weighted by molar-refractivity contribution is 6.30. The zero-order valence-corrected chi connectivity index (χ0v) is 10.1. The van der Waals surface area contributed by atoms with Gasteiger partial charge in [0.2, 0.25) is 0 Å². The van der Waals surface area contributed by atoms with Crippen LogP contribution in [0.2, 0.25) is 5.02 Å². The van der Waals surface area contributed by atoms with E-state index in [4.69, 9.17) is 17.3 Å². The van der Waals surface area contributed by atoms with Gasteiger partial charge < -0.3 is 5.73 Å². The van der Waals surface area contributed by atoms with Crippen LogP contribution in [0.1, 0.15) is 37.7 Å². The van der Waals surface area contributed by atoms with Gasteiger partial charge in [-0.25, -0.2) is 4.39 Å². The Kier molecular flexibility index (Phi) is 3.50. The van der Waals surface area contributed by atoms with Gasteiger partial charge in [-0.1, -0.05) is 36.9 Å². The lowest BCUT2D eigenvalue weighted by molar-refractivity contribution is 0.291. The first-order chi connectivity index (χ1) is 7.68. The lowest BCUT2D eigenvalue weighted by atomic mass is 9.69. The van der Waals surface area contributed by atoms with Gasteiger partial charge in [-0.05, 0) is 30.5 Å². The van der Waals surface area contributed by atoms with Crippen molar-refractivity contribution in [2.24, 2.45) is 5.73 Å². The predicted molar refractivity (Wildman–Crippen MR) is 65.2 cm³/mol. The lowest BCUT2D eigenvalue weighted by Gasteiger charge is -2.37. The van der Waals surface area contributed by atoms with Gasteiger partial charge in [-0.15, -0.1) is 0 Å². The van der Waals surface area contributed by atoms with Crippen molar-refractivity contribution in [3.63, 3.8) is 0 Å². The van der Waals surface area contributed by atoms with Crippen LogP contribution in [0.3, 0.4) is 0 Å². The average Bonchev–Trinajstić information content (AvgIpc) is 2.30. The highest BCUT2D eigenvalue weighted by Crippen LogP contribution is 2.40. The molecule has 16 heavy (non-hydrogen) atoms. The molecule has 1 aliphatic carbocycles. The molecular formula is C13H17ClFN. The van der Waals surface area contributed by atoms with E-state index >= 15 is 0 Å². The number of hydrogen-bond donors (Lipinski definition) is 1. The summed E-state index contributed by atoms with van der Waals surface area (Å²) in [5.74, 6) is -0.208. The number of halogens is 2. The molecule has 0 unspecified atom stereocenters. The van der Waals surface area contributed by atoms with Gasteiger partial charge in [0.05, 0.1) is 0 Å². The van der Waals surface area contributed by atoms with Crippen LogP contribution < -0.4 is 5.73 Å². The van der Waals surface area contributed by atoms with Crippen molar-refractivity contribution in [1.29, 1.82) is 0 Å². The molecule has 0 saturated heterocycles. The second-order valence-corrected chi connectivity index (χ2v) is 5.11. The van der Waals surface area contributed by atoms with Crippen molar-refractivity contribution in [1.82, 2.24) is 0 Å². The Hall–Kier alpha value is -0.600. The Balaban J connectivity index is 2.39. The van der Waals surface area contributed by atoms with Gasteiger partial charge in [-0.3, -0.25) is 0 Å². The van der Waals surface area contributed by atoms with Crippen molar-refractivity contribution in [3.8, 4) is 0 Å². The maximum absolute atomic E-state index is 13.9. The van der Waals surface area contributed by atoms with Crippen molar-refractivity contribution in [3.05, 3.63) is 34.6 Å². The monoisotopic (exact) mass is 241 g/mol. The van der Waals surface area contributed by atoms with Crippen LogP contribution in [0.15, 0.2) is 18.2 Å². The van der Waals surface area contributed by atoms with Gasteiger partial charge in [0.15, 0.2) is 0 Å². The molecule has 1 fully saturated rings. The fourth-order valence-corrected chi connectivity index (χ4v) is 2.89. The molecule has 1 aromatic rings. The third-order valence-corrected chi connectivity index (χ3v) is 3.94. The summed E-state index contributed by atoms with van der Waals surface area (Å²) in [5, 5.41) is 0.448. The van der Waals surface area contributed by atoms with Crippen LogP contribution in [0.5, 0.6) is 0 Å². The Bertz CT molecular complexity index is 372.